The molecule has 4 rings (SSSR count). The number of anilines is 1. The predicted octanol–water partition coefficient (Wildman–Crippen LogP) is 1.76. The third kappa shape index (κ3) is 3.91. The van der Waals surface area contributed by atoms with Gasteiger partial charge in [0.2, 0.25) is 23.3 Å². The van der Waals surface area contributed by atoms with Crippen LogP contribution in [0.5, 0.6) is 0 Å². The maximum atomic E-state index is 13.3. The van der Waals surface area contributed by atoms with Crippen LogP contribution in [0.15, 0.2) is 36.4 Å². The number of ether oxygens (including phenoxy) is 1. The van der Waals surface area contributed by atoms with Gasteiger partial charge in [0.1, 0.15) is 0 Å². The van der Waals surface area contributed by atoms with Crippen molar-refractivity contribution in [1.29, 1.82) is 0 Å². The monoisotopic (exact) mass is 469 g/mol. The Balaban J connectivity index is 1.49. The van der Waals surface area contributed by atoms with E-state index in [0.717, 1.165) is 4.88 Å². The SMILES string of the molecule is CC(=O)NCCc1ccc(C(=O)COC(=O)C23CCC(=O)N2c2ccccc2C(=O)N3C)s1. The Labute approximate surface area is 194 Å². The van der Waals surface area contributed by atoms with Gasteiger partial charge in [-0.3, -0.25) is 24.1 Å². The number of Topliss-reactive ketones (excluding diaryl/α,β-unsaturated/α-hetero) is 1. The third-order valence-corrected chi connectivity index (χ3v) is 7.07. The number of ketones is 1. The van der Waals surface area contributed by atoms with Crippen molar-refractivity contribution in [3.63, 3.8) is 0 Å². The van der Waals surface area contributed by atoms with Crippen molar-refractivity contribution in [2.45, 2.75) is 31.8 Å². The largest absolute Gasteiger partial charge is 0.454 e. The summed E-state index contributed by atoms with van der Waals surface area (Å²) in [6, 6.07) is 10.1. The number of nitrogens with one attached hydrogen (secondary N) is 1. The lowest BCUT2D eigenvalue weighted by Crippen LogP contribution is -2.67. The van der Waals surface area contributed by atoms with Gasteiger partial charge >= 0.3 is 5.97 Å². The van der Waals surface area contributed by atoms with Crippen LogP contribution < -0.4 is 10.2 Å². The van der Waals surface area contributed by atoms with E-state index in [1.54, 1.807) is 36.4 Å². The van der Waals surface area contributed by atoms with Gasteiger partial charge in [-0.05, 0) is 30.7 Å². The summed E-state index contributed by atoms with van der Waals surface area (Å²) < 4.78 is 5.38. The number of para-hydroxylation sites is 1. The third-order valence-electron chi connectivity index (χ3n) is 5.88. The lowest BCUT2D eigenvalue weighted by molar-refractivity contribution is -0.155. The number of amides is 3. The fourth-order valence-corrected chi connectivity index (χ4v) is 5.16. The number of fused-ring (bicyclic) bond motifs is 3. The maximum Gasteiger partial charge on any atom is 0.354 e. The number of nitrogens with zero attached hydrogens (tertiary/aromatic N) is 2. The molecule has 1 aromatic heterocycles. The Bertz CT molecular complexity index is 1160. The van der Waals surface area contributed by atoms with Crippen molar-refractivity contribution < 1.29 is 28.7 Å². The molecule has 0 saturated carbocycles. The number of rotatable bonds is 7. The molecular formula is C23H23N3O6S. The molecule has 0 radical (unpaired) electrons. The standard InChI is InChI=1S/C23H23N3O6S/c1-14(27)24-12-10-15-7-8-19(33-15)18(28)13-32-22(31)23-11-9-20(29)26(23)17-6-4-3-5-16(17)21(30)25(23)2/h3-8H,9-13H2,1-2H3,(H,24,27). The van der Waals surface area contributed by atoms with E-state index in [2.05, 4.69) is 5.32 Å². The first-order valence-corrected chi connectivity index (χ1v) is 11.3. The number of hydrogen-bond acceptors (Lipinski definition) is 7. The second kappa shape index (κ2) is 8.78. The van der Waals surface area contributed by atoms with Gasteiger partial charge in [0.25, 0.3) is 5.91 Å². The molecule has 2 aliphatic heterocycles. The Morgan fingerprint density at radius 2 is 1.91 bits per heavy atom. The van der Waals surface area contributed by atoms with Gasteiger partial charge in [0.05, 0.1) is 16.1 Å². The molecule has 9 nitrogen and oxygen atoms in total. The molecule has 2 aromatic rings. The molecule has 172 valence electrons. The predicted molar refractivity (Wildman–Crippen MR) is 120 cm³/mol. The Kier molecular flexibility index (Phi) is 6.03. The van der Waals surface area contributed by atoms with Crippen LogP contribution in [0.25, 0.3) is 0 Å². The lowest BCUT2D eigenvalue weighted by Gasteiger charge is -2.46. The van der Waals surface area contributed by atoms with Crippen LogP contribution in [0.4, 0.5) is 5.69 Å². The minimum Gasteiger partial charge on any atom is -0.454 e. The molecule has 10 heteroatoms. The van der Waals surface area contributed by atoms with Crippen LogP contribution in [0.3, 0.4) is 0 Å². The molecule has 3 heterocycles. The first-order valence-electron chi connectivity index (χ1n) is 10.5. The molecule has 1 fully saturated rings. The van der Waals surface area contributed by atoms with Gasteiger partial charge < -0.3 is 15.0 Å². The van der Waals surface area contributed by atoms with Crippen molar-refractivity contribution >= 4 is 46.5 Å². The molecule has 3 amide bonds. The minimum atomic E-state index is -1.61. The van der Waals surface area contributed by atoms with E-state index in [4.69, 9.17) is 4.74 Å². The summed E-state index contributed by atoms with van der Waals surface area (Å²) in [5, 5.41) is 2.70. The molecule has 0 spiro atoms. The lowest BCUT2D eigenvalue weighted by atomic mass is 9.97. The Morgan fingerprint density at radius 3 is 2.67 bits per heavy atom. The van der Waals surface area contributed by atoms with Gasteiger partial charge in [0.15, 0.2) is 6.61 Å². The second-order valence-electron chi connectivity index (χ2n) is 7.93. The van der Waals surface area contributed by atoms with Crippen LogP contribution in [0, 0.1) is 0 Å². The van der Waals surface area contributed by atoms with Crippen molar-refractivity contribution in [2.24, 2.45) is 0 Å². The number of hydrogen-bond donors (Lipinski definition) is 1. The molecule has 33 heavy (non-hydrogen) atoms. The van der Waals surface area contributed by atoms with Gasteiger partial charge in [-0.2, -0.15) is 0 Å². The molecule has 1 aromatic carbocycles. The van der Waals surface area contributed by atoms with E-state index in [0.29, 0.717) is 29.1 Å². The van der Waals surface area contributed by atoms with E-state index in [1.165, 1.54) is 35.1 Å². The summed E-state index contributed by atoms with van der Waals surface area (Å²) in [7, 11) is 1.47. The van der Waals surface area contributed by atoms with Gasteiger partial charge in [-0.1, -0.05) is 12.1 Å². The van der Waals surface area contributed by atoms with E-state index in [9.17, 15) is 24.0 Å². The highest BCUT2D eigenvalue weighted by atomic mass is 32.1. The number of carbonyl (C=O) groups is 5. The number of esters is 1. The zero-order valence-corrected chi connectivity index (χ0v) is 19.1. The highest BCUT2D eigenvalue weighted by Crippen LogP contribution is 2.44. The number of likely N-dealkylation sites (N-methyl/N-ethyl adjacent to an activating group) is 1. The fraction of sp³-hybridized carbons (Fsp3) is 0.348. The average molecular weight is 470 g/mol. The molecule has 1 N–H and O–H groups in total. The van der Waals surface area contributed by atoms with E-state index in [1.807, 2.05) is 0 Å². The fourth-order valence-electron chi connectivity index (χ4n) is 4.23. The van der Waals surface area contributed by atoms with Crippen LogP contribution in [-0.2, 0) is 25.5 Å². The average Bonchev–Trinajstić information content (AvgIpc) is 3.41. The maximum absolute atomic E-state index is 13.3. The summed E-state index contributed by atoms with van der Waals surface area (Å²) in [6.45, 7) is 1.40. The van der Waals surface area contributed by atoms with Gasteiger partial charge in [-0.15, -0.1) is 11.3 Å². The zero-order chi connectivity index (χ0) is 23.8. The quantitative estimate of drug-likeness (QED) is 0.488. The molecular weight excluding hydrogens is 446 g/mol. The summed E-state index contributed by atoms with van der Waals surface area (Å²) in [5.74, 6) is -1.98. The first kappa shape index (κ1) is 22.7. The summed E-state index contributed by atoms with van der Waals surface area (Å²) in [6.07, 6.45) is 0.753. The summed E-state index contributed by atoms with van der Waals surface area (Å²) in [5.41, 5.74) is -0.907. The Hall–Kier alpha value is -3.53. The van der Waals surface area contributed by atoms with Gasteiger partial charge in [0, 0.05) is 38.2 Å². The molecule has 1 atom stereocenters. The van der Waals surface area contributed by atoms with Crippen LogP contribution in [0.2, 0.25) is 0 Å². The number of thiophene rings is 1. The van der Waals surface area contributed by atoms with E-state index < -0.39 is 18.2 Å². The van der Waals surface area contributed by atoms with Gasteiger partial charge in [-0.25, -0.2) is 4.79 Å². The van der Waals surface area contributed by atoms with E-state index in [-0.39, 0.29) is 36.3 Å². The smallest absolute Gasteiger partial charge is 0.354 e. The number of carbonyl (C=O) groups excluding carboxylic acids is 5. The zero-order valence-electron chi connectivity index (χ0n) is 18.3. The van der Waals surface area contributed by atoms with Crippen LogP contribution in [-0.4, -0.2) is 60.2 Å². The minimum absolute atomic E-state index is 0.0809. The second-order valence-corrected chi connectivity index (χ2v) is 9.09. The van der Waals surface area contributed by atoms with E-state index >= 15 is 0 Å². The normalized spacial score (nSPS) is 19.2. The summed E-state index contributed by atoms with van der Waals surface area (Å²) in [4.78, 5) is 66.4. The van der Waals surface area contributed by atoms with Crippen LogP contribution in [0.1, 0.15) is 44.7 Å². The van der Waals surface area contributed by atoms with Crippen molar-refractivity contribution in [3.05, 3.63) is 51.7 Å². The van der Waals surface area contributed by atoms with Crippen molar-refractivity contribution in [2.75, 3.05) is 25.1 Å². The Morgan fingerprint density at radius 1 is 1.15 bits per heavy atom. The molecule has 1 saturated heterocycles. The highest BCUT2D eigenvalue weighted by molar-refractivity contribution is 7.14. The van der Waals surface area contributed by atoms with Crippen LogP contribution >= 0.6 is 11.3 Å². The summed E-state index contributed by atoms with van der Waals surface area (Å²) >= 11 is 1.27. The van der Waals surface area contributed by atoms with Crippen molar-refractivity contribution in [3.8, 4) is 0 Å². The molecule has 0 aliphatic carbocycles. The first-order chi connectivity index (χ1) is 15.8. The topological polar surface area (TPSA) is 113 Å². The number of benzene rings is 1. The molecule has 1 unspecified atom stereocenters. The van der Waals surface area contributed by atoms with Crippen molar-refractivity contribution in [1.82, 2.24) is 10.2 Å². The molecule has 0 bridgehead atoms. The highest BCUT2D eigenvalue weighted by Gasteiger charge is 2.60. The molecule has 2 aliphatic rings.